The number of hydrogen-bond acceptors (Lipinski definition) is 2. The van der Waals surface area contributed by atoms with Crippen molar-refractivity contribution in [2.45, 2.75) is 13.3 Å². The van der Waals surface area contributed by atoms with Crippen LogP contribution in [-0.2, 0) is 4.65 Å². The molecule has 0 saturated carbocycles. The highest BCUT2D eigenvalue weighted by atomic mass is 16.6. The second kappa shape index (κ2) is 5.30. The maximum Gasteiger partial charge on any atom is 0.657 e. The first-order valence-corrected chi connectivity index (χ1v) is 4.20. The smallest absolute Gasteiger partial charge is 0.530 e. The Kier molecular flexibility index (Phi) is 3.96. The molecule has 3 heteroatoms. The molecular formula is C10H12BO2. The number of allylic oxidation sites excluding steroid dienone is 1. The minimum Gasteiger partial charge on any atom is -0.530 e. The number of rotatable bonds is 5. The lowest BCUT2D eigenvalue weighted by atomic mass is 10.3. The molecule has 0 saturated heterocycles. The van der Waals surface area contributed by atoms with E-state index in [-0.39, 0.29) is 0 Å². The molecule has 0 unspecified atom stereocenters. The minimum atomic E-state index is 0.691. The van der Waals surface area contributed by atoms with Gasteiger partial charge >= 0.3 is 7.69 Å². The van der Waals surface area contributed by atoms with Crippen molar-refractivity contribution in [3.63, 3.8) is 0 Å². The molecule has 0 fully saturated rings. The van der Waals surface area contributed by atoms with Crippen LogP contribution in [0.2, 0.25) is 0 Å². The normalized spacial score (nSPS) is 9.00. The molecule has 67 valence electrons. The van der Waals surface area contributed by atoms with Crippen molar-refractivity contribution in [1.82, 2.24) is 0 Å². The summed E-state index contributed by atoms with van der Waals surface area (Å²) in [4.78, 5) is 0. The van der Waals surface area contributed by atoms with Crippen molar-refractivity contribution in [2.24, 2.45) is 0 Å². The summed E-state index contributed by atoms with van der Waals surface area (Å²) in [7, 11) is 1.29. The molecule has 1 aromatic rings. The first-order valence-electron chi connectivity index (χ1n) is 4.20. The Labute approximate surface area is 79.5 Å². The van der Waals surface area contributed by atoms with E-state index in [4.69, 9.17) is 9.31 Å². The predicted octanol–water partition coefficient (Wildman–Crippen LogP) is 2.54. The Morgan fingerprint density at radius 2 is 2.08 bits per heavy atom. The van der Waals surface area contributed by atoms with Gasteiger partial charge in [-0.15, -0.1) is 0 Å². The first-order chi connectivity index (χ1) is 6.33. The fraction of sp³-hybridized carbons (Fsp3) is 0.200. The molecule has 13 heavy (non-hydrogen) atoms. The molecule has 1 aromatic carbocycles. The molecule has 0 aliphatic heterocycles. The molecule has 0 atom stereocenters. The molecule has 0 N–H and O–H groups in total. The zero-order valence-corrected chi connectivity index (χ0v) is 7.69. The van der Waals surface area contributed by atoms with Crippen molar-refractivity contribution in [3.05, 3.63) is 42.7 Å². The third-order valence-electron chi connectivity index (χ3n) is 1.54. The van der Waals surface area contributed by atoms with Gasteiger partial charge in [0.1, 0.15) is 5.75 Å². The van der Waals surface area contributed by atoms with Gasteiger partial charge in [0.2, 0.25) is 0 Å². The fourth-order valence-electron chi connectivity index (χ4n) is 0.730. The van der Waals surface area contributed by atoms with Gasteiger partial charge in [-0.05, 0) is 18.6 Å². The first kappa shape index (κ1) is 9.71. The molecule has 0 spiro atoms. The van der Waals surface area contributed by atoms with Gasteiger partial charge in [0.15, 0.2) is 0 Å². The number of hydrogen-bond donors (Lipinski definition) is 0. The van der Waals surface area contributed by atoms with Gasteiger partial charge in [-0.1, -0.05) is 31.7 Å². The maximum atomic E-state index is 5.17. The largest absolute Gasteiger partial charge is 0.657 e. The van der Waals surface area contributed by atoms with Crippen molar-refractivity contribution < 1.29 is 9.31 Å². The lowest BCUT2D eigenvalue weighted by Crippen LogP contribution is -2.06. The summed E-state index contributed by atoms with van der Waals surface area (Å²) in [5.41, 5.74) is 0. The molecule has 1 radical (unpaired) electrons. The molecule has 2 nitrogen and oxygen atoms in total. The second-order valence-corrected chi connectivity index (χ2v) is 2.54. The fourth-order valence-corrected chi connectivity index (χ4v) is 0.730. The van der Waals surface area contributed by atoms with Crippen LogP contribution in [0.4, 0.5) is 0 Å². The summed E-state index contributed by atoms with van der Waals surface area (Å²) >= 11 is 0. The highest BCUT2D eigenvalue weighted by Gasteiger charge is 1.99. The van der Waals surface area contributed by atoms with Crippen LogP contribution in [0.3, 0.4) is 0 Å². The molecule has 1 rings (SSSR count). The standard InChI is InChI=1S/C10H12BO2/c1-3-9(2)12-11-13-10-7-5-4-6-8-10/h4-8H,2-3H2,1H3. The molecule has 0 aromatic heterocycles. The van der Waals surface area contributed by atoms with Crippen LogP contribution < -0.4 is 4.65 Å². The zero-order valence-electron chi connectivity index (χ0n) is 7.69. The quantitative estimate of drug-likeness (QED) is 0.505. The van der Waals surface area contributed by atoms with Gasteiger partial charge in [-0.25, -0.2) is 0 Å². The van der Waals surface area contributed by atoms with Crippen LogP contribution >= 0.6 is 0 Å². The Bertz CT molecular complexity index is 259. The Balaban J connectivity index is 2.24. The zero-order chi connectivity index (χ0) is 9.52. The summed E-state index contributed by atoms with van der Waals surface area (Å²) in [6.45, 7) is 5.64. The lowest BCUT2D eigenvalue weighted by Gasteiger charge is -2.06. The van der Waals surface area contributed by atoms with Gasteiger partial charge < -0.3 is 9.31 Å². The van der Waals surface area contributed by atoms with Crippen LogP contribution in [0, 0.1) is 0 Å². The van der Waals surface area contributed by atoms with Gasteiger partial charge in [0.05, 0.1) is 5.76 Å². The van der Waals surface area contributed by atoms with E-state index in [2.05, 4.69) is 6.58 Å². The van der Waals surface area contributed by atoms with E-state index in [9.17, 15) is 0 Å². The predicted molar refractivity (Wildman–Crippen MR) is 53.3 cm³/mol. The SMILES string of the molecule is C=C(CC)O[B]Oc1ccccc1. The van der Waals surface area contributed by atoms with E-state index in [1.165, 1.54) is 7.69 Å². The van der Waals surface area contributed by atoms with Crippen LogP contribution in [0.1, 0.15) is 13.3 Å². The molecule has 0 aliphatic carbocycles. The summed E-state index contributed by atoms with van der Waals surface area (Å²) in [6, 6.07) is 9.44. The van der Waals surface area contributed by atoms with Crippen molar-refractivity contribution in [1.29, 1.82) is 0 Å². The highest BCUT2D eigenvalue weighted by Crippen LogP contribution is 2.08. The van der Waals surface area contributed by atoms with Crippen LogP contribution in [0.5, 0.6) is 5.75 Å². The topological polar surface area (TPSA) is 18.5 Å². The summed E-state index contributed by atoms with van der Waals surface area (Å²) in [5.74, 6) is 1.45. The van der Waals surface area contributed by atoms with E-state index in [1.54, 1.807) is 0 Å². The summed E-state index contributed by atoms with van der Waals surface area (Å²) in [6.07, 6.45) is 0.786. The Morgan fingerprint density at radius 1 is 1.38 bits per heavy atom. The van der Waals surface area contributed by atoms with Crippen molar-refractivity contribution in [2.75, 3.05) is 0 Å². The lowest BCUT2D eigenvalue weighted by molar-refractivity contribution is 0.366. The van der Waals surface area contributed by atoms with Crippen molar-refractivity contribution in [3.8, 4) is 5.75 Å². The van der Waals surface area contributed by atoms with Gasteiger partial charge in [0, 0.05) is 0 Å². The minimum absolute atomic E-state index is 0.691. The van der Waals surface area contributed by atoms with Gasteiger partial charge in [-0.2, -0.15) is 0 Å². The molecular weight excluding hydrogens is 163 g/mol. The molecule has 0 amide bonds. The van der Waals surface area contributed by atoms with Crippen molar-refractivity contribution >= 4 is 7.69 Å². The van der Waals surface area contributed by atoms with E-state index < -0.39 is 0 Å². The average molecular weight is 175 g/mol. The number of benzene rings is 1. The molecule has 0 heterocycles. The monoisotopic (exact) mass is 175 g/mol. The van der Waals surface area contributed by atoms with Crippen LogP contribution in [0.25, 0.3) is 0 Å². The number of para-hydroxylation sites is 1. The van der Waals surface area contributed by atoms with E-state index >= 15 is 0 Å². The summed E-state index contributed by atoms with van der Waals surface area (Å²) in [5, 5.41) is 0. The average Bonchev–Trinajstić information content (AvgIpc) is 2.19. The van der Waals surface area contributed by atoms with Gasteiger partial charge in [-0.3, -0.25) is 0 Å². The van der Waals surface area contributed by atoms with Crippen LogP contribution in [-0.4, -0.2) is 7.69 Å². The van der Waals surface area contributed by atoms with E-state index in [0.29, 0.717) is 5.76 Å². The van der Waals surface area contributed by atoms with Gasteiger partial charge in [0.25, 0.3) is 0 Å². The summed E-state index contributed by atoms with van der Waals surface area (Å²) < 4.78 is 10.2. The maximum absolute atomic E-state index is 5.17. The third kappa shape index (κ3) is 3.70. The van der Waals surface area contributed by atoms with Crippen LogP contribution in [0.15, 0.2) is 42.7 Å². The third-order valence-corrected chi connectivity index (χ3v) is 1.54. The molecule has 0 bridgehead atoms. The van der Waals surface area contributed by atoms with E-state index in [1.807, 2.05) is 37.3 Å². The Hall–Kier alpha value is -1.38. The molecule has 0 aliphatic rings. The second-order valence-electron chi connectivity index (χ2n) is 2.54. The van der Waals surface area contributed by atoms with E-state index in [0.717, 1.165) is 12.2 Å². The highest BCUT2D eigenvalue weighted by molar-refractivity contribution is 6.19. The Morgan fingerprint density at radius 3 is 2.69 bits per heavy atom.